The molecule has 0 radical (unpaired) electrons. The summed E-state index contributed by atoms with van der Waals surface area (Å²) < 4.78 is 0. The fourth-order valence-corrected chi connectivity index (χ4v) is 0.400. The first-order valence-corrected chi connectivity index (χ1v) is 2.92. The minimum Gasteiger partial charge on any atom is -0.308 e. The van der Waals surface area contributed by atoms with Crippen LogP contribution in [0.5, 0.6) is 0 Å². The van der Waals surface area contributed by atoms with Gasteiger partial charge < -0.3 is 9.80 Å². The Bertz CT molecular complexity index is 47.0. The molecule has 0 aliphatic rings. The molecule has 0 heterocycles. The standard InChI is InChI=1S/C6H16N2.Ni/c1-7(2)5-6-8(3)4;/h5-6H2,1-4H3;. The Morgan fingerprint density at radius 1 is 0.778 bits per heavy atom. The Kier molecular flexibility index (Phi) is 8.80. The summed E-state index contributed by atoms with van der Waals surface area (Å²) in [6, 6.07) is 0. The van der Waals surface area contributed by atoms with Gasteiger partial charge >= 0.3 is 0 Å². The van der Waals surface area contributed by atoms with E-state index in [1.807, 2.05) is 0 Å². The van der Waals surface area contributed by atoms with E-state index in [4.69, 9.17) is 0 Å². The topological polar surface area (TPSA) is 6.48 Å². The summed E-state index contributed by atoms with van der Waals surface area (Å²) in [6.07, 6.45) is 0. The first-order chi connectivity index (χ1) is 3.63. The molecule has 0 saturated heterocycles. The van der Waals surface area contributed by atoms with Gasteiger partial charge in [-0.25, -0.2) is 0 Å². The van der Waals surface area contributed by atoms with E-state index >= 15 is 0 Å². The third-order valence-corrected chi connectivity index (χ3v) is 0.994. The van der Waals surface area contributed by atoms with Crippen molar-refractivity contribution in [2.24, 2.45) is 0 Å². The van der Waals surface area contributed by atoms with E-state index in [0.29, 0.717) is 0 Å². The molecule has 0 amide bonds. The molecule has 0 aliphatic carbocycles. The first kappa shape index (κ1) is 12.1. The Labute approximate surface area is 68.1 Å². The Balaban J connectivity index is 0. The van der Waals surface area contributed by atoms with E-state index in [-0.39, 0.29) is 16.5 Å². The summed E-state index contributed by atoms with van der Waals surface area (Å²) in [4.78, 5) is 4.36. The minimum atomic E-state index is 0. The molecule has 0 saturated carbocycles. The maximum absolute atomic E-state index is 2.18. The van der Waals surface area contributed by atoms with E-state index in [1.165, 1.54) is 0 Å². The van der Waals surface area contributed by atoms with Gasteiger partial charge in [-0.1, -0.05) is 0 Å². The second-order valence-electron chi connectivity index (χ2n) is 2.61. The third-order valence-electron chi connectivity index (χ3n) is 0.994. The van der Waals surface area contributed by atoms with Crippen molar-refractivity contribution in [2.45, 2.75) is 0 Å². The van der Waals surface area contributed by atoms with E-state index in [9.17, 15) is 0 Å². The van der Waals surface area contributed by atoms with Gasteiger partial charge in [-0.2, -0.15) is 0 Å². The van der Waals surface area contributed by atoms with Gasteiger partial charge in [0.2, 0.25) is 0 Å². The molecule has 0 fully saturated rings. The monoisotopic (exact) mass is 174 g/mol. The SMILES string of the molecule is CN(C)CCN(C)C.[Ni]. The fourth-order valence-electron chi connectivity index (χ4n) is 0.400. The molecule has 0 N–H and O–H groups in total. The van der Waals surface area contributed by atoms with Gasteiger partial charge in [-0.3, -0.25) is 0 Å². The van der Waals surface area contributed by atoms with Crippen molar-refractivity contribution in [3.05, 3.63) is 0 Å². The van der Waals surface area contributed by atoms with Crippen molar-refractivity contribution < 1.29 is 16.5 Å². The van der Waals surface area contributed by atoms with Crippen LogP contribution in [0.2, 0.25) is 0 Å². The van der Waals surface area contributed by atoms with E-state index in [2.05, 4.69) is 38.0 Å². The summed E-state index contributed by atoms with van der Waals surface area (Å²) in [5.74, 6) is 0. The van der Waals surface area contributed by atoms with Crippen LogP contribution < -0.4 is 0 Å². The largest absolute Gasteiger partial charge is 0.308 e. The Hall–Kier alpha value is 0.414. The molecule has 0 spiro atoms. The number of hydrogen-bond acceptors (Lipinski definition) is 2. The van der Waals surface area contributed by atoms with Crippen molar-refractivity contribution in [3.63, 3.8) is 0 Å². The van der Waals surface area contributed by atoms with E-state index in [0.717, 1.165) is 13.1 Å². The van der Waals surface area contributed by atoms with Gasteiger partial charge in [0.15, 0.2) is 0 Å². The predicted molar refractivity (Wildman–Crippen MR) is 37.1 cm³/mol. The third kappa shape index (κ3) is 11.8. The summed E-state index contributed by atoms with van der Waals surface area (Å²) in [7, 11) is 8.35. The number of hydrogen-bond donors (Lipinski definition) is 0. The summed E-state index contributed by atoms with van der Waals surface area (Å²) >= 11 is 0. The average molecular weight is 175 g/mol. The molecule has 0 rings (SSSR count). The first-order valence-electron chi connectivity index (χ1n) is 2.92. The minimum absolute atomic E-state index is 0. The summed E-state index contributed by atoms with van der Waals surface area (Å²) in [5, 5.41) is 0. The van der Waals surface area contributed by atoms with Crippen LogP contribution in [0.1, 0.15) is 0 Å². The van der Waals surface area contributed by atoms with E-state index < -0.39 is 0 Å². The maximum Gasteiger partial charge on any atom is 0.0103 e. The molecule has 0 aromatic rings. The zero-order chi connectivity index (χ0) is 6.57. The second kappa shape index (κ2) is 6.53. The van der Waals surface area contributed by atoms with Crippen LogP contribution in [0, 0.1) is 0 Å². The molecular formula is C6H16N2Ni. The average Bonchev–Trinajstić information content (AvgIpc) is 1.61. The van der Waals surface area contributed by atoms with Crippen LogP contribution in [0.15, 0.2) is 0 Å². The summed E-state index contributed by atoms with van der Waals surface area (Å²) in [6.45, 7) is 2.29. The van der Waals surface area contributed by atoms with Crippen molar-refractivity contribution in [1.82, 2.24) is 9.80 Å². The van der Waals surface area contributed by atoms with Gasteiger partial charge in [-0.15, -0.1) is 0 Å². The normalized spacial score (nSPS) is 10.0. The van der Waals surface area contributed by atoms with Gasteiger partial charge in [-0.05, 0) is 28.2 Å². The molecule has 0 atom stereocenters. The molecule has 3 heteroatoms. The Morgan fingerprint density at radius 3 is 1.11 bits per heavy atom. The van der Waals surface area contributed by atoms with Gasteiger partial charge in [0.25, 0.3) is 0 Å². The molecule has 2 nitrogen and oxygen atoms in total. The van der Waals surface area contributed by atoms with Crippen molar-refractivity contribution in [2.75, 3.05) is 41.3 Å². The fraction of sp³-hybridized carbons (Fsp3) is 1.00. The maximum atomic E-state index is 2.18. The number of rotatable bonds is 3. The van der Waals surface area contributed by atoms with Crippen LogP contribution in [-0.2, 0) is 16.5 Å². The van der Waals surface area contributed by atoms with Gasteiger partial charge in [0.1, 0.15) is 0 Å². The molecule has 0 bridgehead atoms. The van der Waals surface area contributed by atoms with E-state index in [1.54, 1.807) is 0 Å². The molecule has 0 unspecified atom stereocenters. The number of nitrogens with zero attached hydrogens (tertiary/aromatic N) is 2. The van der Waals surface area contributed by atoms with Crippen LogP contribution in [0.25, 0.3) is 0 Å². The van der Waals surface area contributed by atoms with Crippen LogP contribution >= 0.6 is 0 Å². The van der Waals surface area contributed by atoms with Crippen molar-refractivity contribution in [3.8, 4) is 0 Å². The predicted octanol–water partition coefficient (Wildman–Crippen LogP) is 0.107. The molecule has 9 heavy (non-hydrogen) atoms. The molecule has 0 aliphatic heterocycles. The zero-order valence-electron chi connectivity index (χ0n) is 6.62. The van der Waals surface area contributed by atoms with Crippen molar-refractivity contribution in [1.29, 1.82) is 0 Å². The molecule has 0 aromatic heterocycles. The van der Waals surface area contributed by atoms with Gasteiger partial charge in [0.05, 0.1) is 0 Å². The number of likely N-dealkylation sites (N-methyl/N-ethyl adjacent to an activating group) is 2. The Morgan fingerprint density at radius 2 is 1.00 bits per heavy atom. The summed E-state index contributed by atoms with van der Waals surface area (Å²) in [5.41, 5.74) is 0. The van der Waals surface area contributed by atoms with Crippen LogP contribution in [0.3, 0.4) is 0 Å². The van der Waals surface area contributed by atoms with Gasteiger partial charge in [0, 0.05) is 29.6 Å². The molecule has 60 valence electrons. The van der Waals surface area contributed by atoms with Crippen LogP contribution in [-0.4, -0.2) is 51.1 Å². The second-order valence-corrected chi connectivity index (χ2v) is 2.61. The van der Waals surface area contributed by atoms with Crippen LogP contribution in [0.4, 0.5) is 0 Å². The molecular weight excluding hydrogens is 159 g/mol. The molecule has 0 aromatic carbocycles. The zero-order valence-corrected chi connectivity index (χ0v) is 7.61. The quantitative estimate of drug-likeness (QED) is 0.561. The van der Waals surface area contributed by atoms with Crippen molar-refractivity contribution >= 4 is 0 Å². The smallest absolute Gasteiger partial charge is 0.0103 e.